The molecule has 3 aromatic rings. The minimum Gasteiger partial charge on any atom is -0.378 e. The molecule has 9 nitrogen and oxygen atoms in total. The highest BCUT2D eigenvalue weighted by molar-refractivity contribution is 7.11. The van der Waals surface area contributed by atoms with Crippen molar-refractivity contribution in [2.75, 3.05) is 5.32 Å². The van der Waals surface area contributed by atoms with E-state index in [2.05, 4.69) is 39.8 Å². The van der Waals surface area contributed by atoms with E-state index in [1.54, 1.807) is 24.3 Å². The van der Waals surface area contributed by atoms with Gasteiger partial charge in [0.25, 0.3) is 5.56 Å². The van der Waals surface area contributed by atoms with Gasteiger partial charge in [0.15, 0.2) is 0 Å². The van der Waals surface area contributed by atoms with Crippen molar-refractivity contribution in [3.63, 3.8) is 0 Å². The highest BCUT2D eigenvalue weighted by Crippen LogP contribution is 2.48. The largest absolute Gasteiger partial charge is 0.378 e. The monoisotopic (exact) mass is 576 g/mol. The summed E-state index contributed by atoms with van der Waals surface area (Å²) in [6.07, 6.45) is 10.3. The van der Waals surface area contributed by atoms with Gasteiger partial charge in [-0.15, -0.1) is 11.3 Å². The van der Waals surface area contributed by atoms with E-state index in [0.29, 0.717) is 29.0 Å². The molecule has 1 aromatic carbocycles. The van der Waals surface area contributed by atoms with E-state index in [0.717, 1.165) is 29.3 Å². The standard InChI is InChI=1S/C31H40N6O3S/c1-4-20-11-21-10-18(2)12-31(13-20,14-21)34-16-22-15-33-27(41-22)17-32-23-6-5-7-24-28(23)30(40)37(19(3)35-24)25-8-9-26(38)36-29(25)39/h5-7,15,18,20-21,25,32,34H,4,8-14,16-17H2,1-3H3,(H,36,38,39). The third-order valence-electron chi connectivity index (χ3n) is 9.37. The maximum atomic E-state index is 13.7. The number of hydrogen-bond donors (Lipinski definition) is 3. The number of rotatable bonds is 8. The molecular formula is C31H40N6O3S. The van der Waals surface area contributed by atoms with Crippen LogP contribution in [-0.2, 0) is 22.7 Å². The molecule has 218 valence electrons. The summed E-state index contributed by atoms with van der Waals surface area (Å²) >= 11 is 1.69. The lowest BCUT2D eigenvalue weighted by Crippen LogP contribution is -2.54. The molecule has 0 spiro atoms. The first-order valence-corrected chi connectivity index (χ1v) is 15.8. The Morgan fingerprint density at radius 2 is 2.00 bits per heavy atom. The second-order valence-electron chi connectivity index (χ2n) is 12.5. The van der Waals surface area contributed by atoms with E-state index >= 15 is 0 Å². The molecule has 2 saturated carbocycles. The van der Waals surface area contributed by atoms with Crippen molar-refractivity contribution in [2.45, 2.75) is 96.8 Å². The molecule has 5 atom stereocenters. The molecule has 1 aliphatic heterocycles. The second kappa shape index (κ2) is 11.3. The van der Waals surface area contributed by atoms with E-state index in [-0.39, 0.29) is 29.8 Å². The van der Waals surface area contributed by atoms with Crippen LogP contribution < -0.4 is 21.5 Å². The van der Waals surface area contributed by atoms with Crippen molar-refractivity contribution in [3.05, 3.63) is 50.5 Å². The van der Waals surface area contributed by atoms with Gasteiger partial charge in [-0.2, -0.15) is 0 Å². The summed E-state index contributed by atoms with van der Waals surface area (Å²) in [6, 6.07) is 4.79. The van der Waals surface area contributed by atoms with E-state index in [4.69, 9.17) is 0 Å². The molecule has 3 aliphatic rings. The van der Waals surface area contributed by atoms with Crippen LogP contribution in [0.1, 0.15) is 87.0 Å². The first-order valence-electron chi connectivity index (χ1n) is 15.0. The molecule has 2 aromatic heterocycles. The fourth-order valence-corrected chi connectivity index (χ4v) is 8.58. The average molecular weight is 577 g/mol. The third-order valence-corrected chi connectivity index (χ3v) is 10.4. The van der Waals surface area contributed by atoms with Crippen LogP contribution in [0.5, 0.6) is 0 Å². The molecular weight excluding hydrogens is 536 g/mol. The van der Waals surface area contributed by atoms with Gasteiger partial charge in [0.05, 0.1) is 17.4 Å². The van der Waals surface area contributed by atoms with E-state index < -0.39 is 11.9 Å². The molecule has 3 fully saturated rings. The van der Waals surface area contributed by atoms with Gasteiger partial charge < -0.3 is 10.6 Å². The predicted octanol–water partition coefficient (Wildman–Crippen LogP) is 4.84. The van der Waals surface area contributed by atoms with Gasteiger partial charge in [-0.1, -0.05) is 26.3 Å². The summed E-state index contributed by atoms with van der Waals surface area (Å²) in [6.45, 7) is 7.79. The normalized spacial score (nSPS) is 28.1. The van der Waals surface area contributed by atoms with Gasteiger partial charge in [-0.05, 0) is 75.3 Å². The zero-order chi connectivity index (χ0) is 28.7. The highest BCUT2D eigenvalue weighted by Gasteiger charge is 2.44. The van der Waals surface area contributed by atoms with Gasteiger partial charge in [0.1, 0.15) is 16.9 Å². The van der Waals surface area contributed by atoms with Crippen LogP contribution in [0, 0.1) is 24.7 Å². The number of amides is 2. The van der Waals surface area contributed by atoms with Crippen molar-refractivity contribution in [3.8, 4) is 0 Å². The van der Waals surface area contributed by atoms with Crippen LogP contribution in [0.2, 0.25) is 0 Å². The lowest BCUT2D eigenvalue weighted by Gasteiger charge is -2.51. The van der Waals surface area contributed by atoms with E-state index in [9.17, 15) is 14.4 Å². The Kier molecular flexibility index (Phi) is 7.72. The van der Waals surface area contributed by atoms with E-state index in [1.807, 2.05) is 18.3 Å². The van der Waals surface area contributed by atoms with Crippen molar-refractivity contribution in [2.24, 2.45) is 17.8 Å². The van der Waals surface area contributed by atoms with Crippen LogP contribution in [0.15, 0.2) is 29.2 Å². The van der Waals surface area contributed by atoms with Gasteiger partial charge in [-0.25, -0.2) is 9.97 Å². The van der Waals surface area contributed by atoms with Gasteiger partial charge >= 0.3 is 0 Å². The molecule has 5 unspecified atom stereocenters. The molecule has 0 radical (unpaired) electrons. The molecule has 2 bridgehead atoms. The number of nitrogens with zero attached hydrogens (tertiary/aromatic N) is 3. The molecule has 10 heteroatoms. The number of carbonyl (C=O) groups excluding carboxylic acids is 2. The van der Waals surface area contributed by atoms with Crippen molar-refractivity contribution in [1.29, 1.82) is 0 Å². The number of fused-ring (bicyclic) bond motifs is 3. The fraction of sp³-hybridized carbons (Fsp3) is 0.581. The molecule has 3 heterocycles. The summed E-state index contributed by atoms with van der Waals surface area (Å²) in [7, 11) is 0. The summed E-state index contributed by atoms with van der Waals surface area (Å²) in [5.41, 5.74) is 1.19. The minimum atomic E-state index is -0.752. The smallest absolute Gasteiger partial charge is 0.264 e. The SMILES string of the molecule is CCC1CC2CC(C)CC(NCc3cnc(CNc4cccc5nc(C)n(C6CCC(=O)NC6=O)c(=O)c45)s3)(C1)C2. The Morgan fingerprint density at radius 1 is 1.15 bits per heavy atom. The molecule has 2 amide bonds. The van der Waals surface area contributed by atoms with Crippen LogP contribution in [0.3, 0.4) is 0 Å². The molecule has 2 aliphatic carbocycles. The number of thiazole rings is 1. The number of aryl methyl sites for hydroxylation is 1. The molecule has 1 saturated heterocycles. The number of aromatic nitrogens is 3. The Hall–Kier alpha value is -3.11. The maximum Gasteiger partial charge on any atom is 0.264 e. The lowest BCUT2D eigenvalue weighted by atomic mass is 9.60. The molecule has 6 rings (SSSR count). The van der Waals surface area contributed by atoms with Crippen LogP contribution in [-0.4, -0.2) is 31.9 Å². The summed E-state index contributed by atoms with van der Waals surface area (Å²) < 4.78 is 1.42. The molecule has 3 N–H and O–H groups in total. The number of hydrogen-bond acceptors (Lipinski definition) is 8. The first kappa shape index (κ1) is 28.0. The number of anilines is 1. The Labute approximate surface area is 244 Å². The first-order chi connectivity index (χ1) is 19.7. The third kappa shape index (κ3) is 5.68. The van der Waals surface area contributed by atoms with Crippen molar-refractivity contribution < 1.29 is 9.59 Å². The van der Waals surface area contributed by atoms with Crippen LogP contribution in [0.4, 0.5) is 5.69 Å². The van der Waals surface area contributed by atoms with Gasteiger partial charge in [0, 0.05) is 35.3 Å². The highest BCUT2D eigenvalue weighted by atomic mass is 32.1. The molecule has 41 heavy (non-hydrogen) atoms. The summed E-state index contributed by atoms with van der Waals surface area (Å²) in [4.78, 5) is 48.4. The number of imide groups is 1. The summed E-state index contributed by atoms with van der Waals surface area (Å²) in [5, 5.41) is 11.1. The second-order valence-corrected chi connectivity index (χ2v) is 13.7. The van der Waals surface area contributed by atoms with Crippen molar-refractivity contribution >= 4 is 39.7 Å². The Balaban J connectivity index is 1.17. The minimum absolute atomic E-state index is 0.196. The van der Waals surface area contributed by atoms with E-state index in [1.165, 1.54) is 48.0 Å². The predicted molar refractivity (Wildman–Crippen MR) is 161 cm³/mol. The number of piperidine rings is 1. The zero-order valence-electron chi connectivity index (χ0n) is 24.2. The Morgan fingerprint density at radius 3 is 2.80 bits per heavy atom. The number of nitrogens with one attached hydrogen (secondary N) is 3. The average Bonchev–Trinajstić information content (AvgIpc) is 3.39. The van der Waals surface area contributed by atoms with Crippen LogP contribution in [0.25, 0.3) is 10.9 Å². The number of benzene rings is 1. The maximum absolute atomic E-state index is 13.7. The topological polar surface area (TPSA) is 118 Å². The number of carbonyl (C=O) groups is 2. The van der Waals surface area contributed by atoms with Gasteiger partial charge in [-0.3, -0.25) is 24.3 Å². The van der Waals surface area contributed by atoms with Gasteiger partial charge in [0.2, 0.25) is 11.8 Å². The zero-order valence-corrected chi connectivity index (χ0v) is 25.0. The summed E-state index contributed by atoms with van der Waals surface area (Å²) in [5.74, 6) is 2.13. The quantitative estimate of drug-likeness (QED) is 0.329. The Bertz CT molecular complexity index is 1530. The van der Waals surface area contributed by atoms with Crippen LogP contribution >= 0.6 is 11.3 Å². The fourth-order valence-electron chi connectivity index (χ4n) is 7.77. The van der Waals surface area contributed by atoms with Crippen molar-refractivity contribution in [1.82, 2.24) is 25.2 Å². The lowest BCUT2D eigenvalue weighted by molar-refractivity contribution is -0.135.